The SMILES string of the molecule is C[C@H]1CN(C(=O)OC(C)(C)C)C(=O)N1c1ccnc(Cl)n1. The van der Waals surface area contributed by atoms with Crippen LogP contribution < -0.4 is 4.90 Å². The molecule has 0 radical (unpaired) electrons. The fourth-order valence-electron chi connectivity index (χ4n) is 2.00. The first-order valence-corrected chi connectivity index (χ1v) is 6.89. The van der Waals surface area contributed by atoms with E-state index in [2.05, 4.69) is 9.97 Å². The Labute approximate surface area is 127 Å². The number of ether oxygens (including phenoxy) is 1. The fraction of sp³-hybridized carbons (Fsp3) is 0.538. The number of nitrogens with zero attached hydrogens (tertiary/aromatic N) is 4. The Morgan fingerprint density at radius 1 is 1.48 bits per heavy atom. The summed E-state index contributed by atoms with van der Waals surface area (Å²) in [4.78, 5) is 34.7. The largest absolute Gasteiger partial charge is 0.443 e. The lowest BCUT2D eigenvalue weighted by molar-refractivity contribution is 0.0350. The molecule has 0 aliphatic carbocycles. The van der Waals surface area contributed by atoms with Crippen LogP contribution in [0.3, 0.4) is 0 Å². The van der Waals surface area contributed by atoms with Gasteiger partial charge in [-0.3, -0.25) is 4.90 Å². The first-order chi connectivity index (χ1) is 9.69. The highest BCUT2D eigenvalue weighted by Crippen LogP contribution is 2.25. The number of amides is 3. The number of aromatic nitrogens is 2. The Bertz CT molecular complexity index is 573. The normalized spacial score (nSPS) is 19.1. The van der Waals surface area contributed by atoms with Gasteiger partial charge in [0.15, 0.2) is 0 Å². The molecule has 0 N–H and O–H groups in total. The van der Waals surface area contributed by atoms with Gasteiger partial charge in [0.25, 0.3) is 0 Å². The molecule has 1 saturated heterocycles. The van der Waals surface area contributed by atoms with Crippen LogP contribution in [0.4, 0.5) is 15.4 Å². The third-order valence-corrected chi connectivity index (χ3v) is 2.98. The van der Waals surface area contributed by atoms with Crippen LogP contribution in [-0.4, -0.2) is 45.2 Å². The summed E-state index contributed by atoms with van der Waals surface area (Å²) in [6.07, 6.45) is 0.794. The minimum absolute atomic E-state index is 0.0446. The van der Waals surface area contributed by atoms with Gasteiger partial charge in [-0.25, -0.2) is 24.5 Å². The van der Waals surface area contributed by atoms with E-state index in [0.717, 1.165) is 4.90 Å². The van der Waals surface area contributed by atoms with Gasteiger partial charge in [0, 0.05) is 6.20 Å². The molecule has 1 aromatic heterocycles. The van der Waals surface area contributed by atoms with Crippen LogP contribution in [0.25, 0.3) is 0 Å². The summed E-state index contributed by atoms with van der Waals surface area (Å²) in [7, 11) is 0. The lowest BCUT2D eigenvalue weighted by Crippen LogP contribution is -2.40. The summed E-state index contributed by atoms with van der Waals surface area (Å²) in [5.74, 6) is 0.360. The highest BCUT2D eigenvalue weighted by molar-refractivity contribution is 6.28. The van der Waals surface area contributed by atoms with Crippen LogP contribution in [0.2, 0.25) is 5.28 Å². The second-order valence-corrected chi connectivity index (χ2v) is 6.11. The van der Waals surface area contributed by atoms with E-state index < -0.39 is 17.7 Å². The highest BCUT2D eigenvalue weighted by atomic mass is 35.5. The quantitative estimate of drug-likeness (QED) is 0.745. The molecular formula is C13H17ClN4O3. The highest BCUT2D eigenvalue weighted by Gasteiger charge is 2.41. The van der Waals surface area contributed by atoms with Crippen molar-refractivity contribution in [3.05, 3.63) is 17.5 Å². The van der Waals surface area contributed by atoms with Gasteiger partial charge in [0.1, 0.15) is 11.4 Å². The predicted molar refractivity (Wildman–Crippen MR) is 77.3 cm³/mol. The molecule has 114 valence electrons. The van der Waals surface area contributed by atoms with Crippen LogP contribution in [0, 0.1) is 0 Å². The fourth-order valence-corrected chi connectivity index (χ4v) is 2.14. The van der Waals surface area contributed by atoms with E-state index in [0.29, 0.717) is 5.82 Å². The number of urea groups is 1. The Morgan fingerprint density at radius 3 is 2.71 bits per heavy atom. The van der Waals surface area contributed by atoms with Crippen molar-refractivity contribution < 1.29 is 14.3 Å². The lowest BCUT2D eigenvalue weighted by atomic mass is 10.2. The number of hydrogen-bond donors (Lipinski definition) is 0. The summed E-state index contributed by atoms with van der Waals surface area (Å²) in [5.41, 5.74) is -0.660. The molecule has 0 bridgehead atoms. The molecule has 1 aliphatic rings. The molecule has 0 aromatic carbocycles. The molecule has 1 fully saturated rings. The molecule has 8 heteroatoms. The predicted octanol–water partition coefficient (Wildman–Crippen LogP) is 2.70. The zero-order chi connectivity index (χ0) is 15.8. The molecule has 0 saturated carbocycles. The molecule has 3 amide bonds. The van der Waals surface area contributed by atoms with Gasteiger partial charge in [0.05, 0.1) is 12.6 Å². The molecule has 2 rings (SSSR count). The Balaban J connectivity index is 2.21. The van der Waals surface area contributed by atoms with Crippen molar-refractivity contribution in [2.24, 2.45) is 0 Å². The van der Waals surface area contributed by atoms with Gasteiger partial charge >= 0.3 is 12.1 Å². The average Bonchev–Trinajstić information content (AvgIpc) is 2.62. The van der Waals surface area contributed by atoms with Crippen molar-refractivity contribution in [1.82, 2.24) is 14.9 Å². The Kier molecular flexibility index (Phi) is 4.04. The molecule has 1 aliphatic heterocycles. The van der Waals surface area contributed by atoms with Crippen molar-refractivity contribution in [2.45, 2.75) is 39.3 Å². The standard InChI is InChI=1S/C13H17ClN4O3/c1-8-7-17(12(20)21-13(2,3)4)11(19)18(8)9-5-6-15-10(14)16-9/h5-6,8H,7H2,1-4H3/t8-/m0/s1. The van der Waals surface area contributed by atoms with Gasteiger partial charge in [-0.1, -0.05) is 0 Å². The Hall–Kier alpha value is -1.89. The molecule has 0 spiro atoms. The summed E-state index contributed by atoms with van der Waals surface area (Å²) >= 11 is 5.74. The minimum atomic E-state index is -0.665. The van der Waals surface area contributed by atoms with Gasteiger partial charge in [-0.05, 0) is 45.4 Å². The number of rotatable bonds is 1. The monoisotopic (exact) mass is 312 g/mol. The first-order valence-electron chi connectivity index (χ1n) is 6.51. The maximum Gasteiger partial charge on any atom is 0.418 e. The van der Waals surface area contributed by atoms with E-state index in [1.165, 1.54) is 11.1 Å². The van der Waals surface area contributed by atoms with Crippen molar-refractivity contribution in [2.75, 3.05) is 11.4 Å². The molecule has 0 unspecified atom stereocenters. The van der Waals surface area contributed by atoms with Crippen molar-refractivity contribution in [3.8, 4) is 0 Å². The van der Waals surface area contributed by atoms with Crippen LogP contribution >= 0.6 is 11.6 Å². The number of hydrogen-bond acceptors (Lipinski definition) is 5. The Morgan fingerprint density at radius 2 is 2.14 bits per heavy atom. The summed E-state index contributed by atoms with van der Waals surface area (Å²) < 4.78 is 5.23. The topological polar surface area (TPSA) is 75.6 Å². The molecule has 1 aromatic rings. The van der Waals surface area contributed by atoms with Gasteiger partial charge in [0.2, 0.25) is 5.28 Å². The molecule has 1 atom stereocenters. The van der Waals surface area contributed by atoms with E-state index >= 15 is 0 Å². The van der Waals surface area contributed by atoms with E-state index in [9.17, 15) is 9.59 Å². The second kappa shape index (κ2) is 5.48. The maximum atomic E-state index is 12.4. The van der Waals surface area contributed by atoms with Gasteiger partial charge < -0.3 is 4.74 Å². The third kappa shape index (κ3) is 3.41. The molecular weight excluding hydrogens is 296 g/mol. The van der Waals surface area contributed by atoms with Crippen molar-refractivity contribution in [3.63, 3.8) is 0 Å². The smallest absolute Gasteiger partial charge is 0.418 e. The lowest BCUT2D eigenvalue weighted by Gasteiger charge is -2.23. The van der Waals surface area contributed by atoms with E-state index in [1.807, 2.05) is 6.92 Å². The maximum absolute atomic E-state index is 12.4. The molecule has 7 nitrogen and oxygen atoms in total. The van der Waals surface area contributed by atoms with E-state index in [-0.39, 0.29) is 17.9 Å². The summed E-state index contributed by atoms with van der Waals surface area (Å²) in [5, 5.41) is 0.0446. The van der Waals surface area contributed by atoms with Crippen LogP contribution in [0.1, 0.15) is 27.7 Å². The van der Waals surface area contributed by atoms with Crippen molar-refractivity contribution in [1.29, 1.82) is 0 Å². The number of anilines is 1. The molecule has 2 heterocycles. The van der Waals surface area contributed by atoms with E-state index in [1.54, 1.807) is 26.8 Å². The summed E-state index contributed by atoms with van der Waals surface area (Å²) in [6.45, 7) is 7.29. The number of carbonyl (C=O) groups excluding carboxylic acids is 2. The third-order valence-electron chi connectivity index (χ3n) is 2.80. The van der Waals surface area contributed by atoms with Gasteiger partial charge in [-0.15, -0.1) is 0 Å². The summed E-state index contributed by atoms with van der Waals surface area (Å²) in [6, 6.07) is 0.862. The zero-order valence-corrected chi connectivity index (χ0v) is 13.1. The zero-order valence-electron chi connectivity index (χ0n) is 12.3. The number of imide groups is 1. The van der Waals surface area contributed by atoms with Crippen LogP contribution in [-0.2, 0) is 4.74 Å². The molecule has 21 heavy (non-hydrogen) atoms. The number of carbonyl (C=O) groups is 2. The van der Waals surface area contributed by atoms with Crippen LogP contribution in [0.5, 0.6) is 0 Å². The number of halogens is 1. The first kappa shape index (κ1) is 15.5. The van der Waals surface area contributed by atoms with Gasteiger partial charge in [-0.2, -0.15) is 0 Å². The van der Waals surface area contributed by atoms with Crippen LogP contribution in [0.15, 0.2) is 12.3 Å². The van der Waals surface area contributed by atoms with E-state index in [4.69, 9.17) is 16.3 Å². The second-order valence-electron chi connectivity index (χ2n) is 5.78. The average molecular weight is 313 g/mol. The van der Waals surface area contributed by atoms with Crippen molar-refractivity contribution >= 4 is 29.5 Å². The minimum Gasteiger partial charge on any atom is -0.443 e.